The number of aryl methyl sites for hydroxylation is 2. The monoisotopic (exact) mass is 354 g/mol. The molecule has 3 heterocycles. The average molecular weight is 354 g/mol. The second-order valence-corrected chi connectivity index (χ2v) is 7.06. The van der Waals surface area contributed by atoms with Gasteiger partial charge in [-0.3, -0.25) is 0 Å². The van der Waals surface area contributed by atoms with Crippen LogP contribution in [-0.2, 0) is 7.05 Å². The Morgan fingerprint density at radius 2 is 1.88 bits per heavy atom. The van der Waals surface area contributed by atoms with Crippen LogP contribution in [0.15, 0.2) is 18.3 Å². The molecule has 0 amide bonds. The summed E-state index contributed by atoms with van der Waals surface area (Å²) in [6.45, 7) is 8.21. The van der Waals surface area contributed by atoms with Gasteiger partial charge in [-0.2, -0.15) is 0 Å². The largest absolute Gasteiger partial charge is 0.480 e. The van der Waals surface area contributed by atoms with Crippen LogP contribution in [0.2, 0.25) is 0 Å². The van der Waals surface area contributed by atoms with Gasteiger partial charge in [0.2, 0.25) is 5.88 Å². The van der Waals surface area contributed by atoms with Crippen LogP contribution < -0.4 is 4.74 Å². The van der Waals surface area contributed by atoms with E-state index >= 15 is 0 Å². The second-order valence-electron chi connectivity index (χ2n) is 7.06. The number of aliphatic hydroxyl groups is 1. The second kappa shape index (κ2) is 7.03. The van der Waals surface area contributed by atoms with Gasteiger partial charge < -0.3 is 14.4 Å². The van der Waals surface area contributed by atoms with Gasteiger partial charge in [-0.25, -0.2) is 15.0 Å². The van der Waals surface area contributed by atoms with Gasteiger partial charge in [-0.15, -0.1) is 0 Å². The van der Waals surface area contributed by atoms with E-state index in [1.807, 2.05) is 43.8 Å². The number of nitrogens with zero attached hydrogens (tertiary/aromatic N) is 4. The van der Waals surface area contributed by atoms with Crippen LogP contribution in [0.1, 0.15) is 49.6 Å². The molecule has 0 saturated heterocycles. The Kier molecular flexibility index (Phi) is 4.96. The van der Waals surface area contributed by atoms with Crippen molar-refractivity contribution in [3.63, 3.8) is 0 Å². The molecule has 1 N–H and O–H groups in total. The predicted molar refractivity (Wildman–Crippen MR) is 103 cm³/mol. The maximum Gasteiger partial charge on any atom is 0.222 e. The van der Waals surface area contributed by atoms with E-state index in [0.29, 0.717) is 11.8 Å². The third-order valence-electron chi connectivity index (χ3n) is 4.72. The summed E-state index contributed by atoms with van der Waals surface area (Å²) in [6.07, 6.45) is 1.99. The summed E-state index contributed by atoms with van der Waals surface area (Å²) in [5.74, 6) is 0.897. The van der Waals surface area contributed by atoms with Crippen molar-refractivity contribution >= 4 is 11.2 Å². The van der Waals surface area contributed by atoms with Gasteiger partial charge in [0.25, 0.3) is 0 Å². The molecule has 0 aliphatic carbocycles. The first-order valence-electron chi connectivity index (χ1n) is 8.87. The van der Waals surface area contributed by atoms with E-state index in [0.717, 1.165) is 39.4 Å². The molecule has 0 saturated carbocycles. The molecule has 3 aromatic heterocycles. The number of aromatic nitrogens is 4. The minimum absolute atomic E-state index is 0.0137. The van der Waals surface area contributed by atoms with Crippen molar-refractivity contribution in [2.24, 2.45) is 7.05 Å². The number of hydrogen-bond acceptors (Lipinski definition) is 5. The van der Waals surface area contributed by atoms with E-state index in [1.54, 1.807) is 7.11 Å². The fourth-order valence-corrected chi connectivity index (χ4v) is 3.11. The molecule has 0 aliphatic rings. The molecule has 1 atom stereocenters. The average Bonchev–Trinajstić information content (AvgIpc) is 2.95. The van der Waals surface area contributed by atoms with Crippen LogP contribution in [0.25, 0.3) is 22.4 Å². The molecule has 1 unspecified atom stereocenters. The zero-order valence-corrected chi connectivity index (χ0v) is 16.2. The first-order valence-corrected chi connectivity index (χ1v) is 8.87. The summed E-state index contributed by atoms with van der Waals surface area (Å²) in [4.78, 5) is 14.3. The van der Waals surface area contributed by atoms with Crippen LogP contribution >= 0.6 is 0 Å². The van der Waals surface area contributed by atoms with Crippen molar-refractivity contribution < 1.29 is 9.84 Å². The molecule has 0 aliphatic heterocycles. The van der Waals surface area contributed by atoms with Crippen molar-refractivity contribution in [2.45, 2.75) is 39.5 Å². The SMILES string of the molecule is COc1nc(C(C)C)ccc1-c1nc2c(nc1C)c(C(C)CO)cn2C. The Bertz CT molecular complexity index is 947. The Hall–Kier alpha value is -2.47. The lowest BCUT2D eigenvalue weighted by Gasteiger charge is -2.13. The number of hydrogen-bond donors (Lipinski definition) is 1. The topological polar surface area (TPSA) is 73.1 Å². The number of ether oxygens (including phenoxy) is 1. The van der Waals surface area contributed by atoms with Crippen molar-refractivity contribution in [1.29, 1.82) is 0 Å². The lowest BCUT2D eigenvalue weighted by Crippen LogP contribution is -2.02. The van der Waals surface area contributed by atoms with E-state index in [1.165, 1.54) is 0 Å². The van der Waals surface area contributed by atoms with Gasteiger partial charge in [0, 0.05) is 37.0 Å². The molecule has 138 valence electrons. The molecule has 26 heavy (non-hydrogen) atoms. The molecule has 3 aromatic rings. The van der Waals surface area contributed by atoms with Crippen LogP contribution in [0.4, 0.5) is 0 Å². The molecular formula is C20H26N4O2. The summed E-state index contributed by atoms with van der Waals surface area (Å²) in [5.41, 5.74) is 6.02. The fraction of sp³-hybridized carbons (Fsp3) is 0.450. The van der Waals surface area contributed by atoms with Gasteiger partial charge >= 0.3 is 0 Å². The van der Waals surface area contributed by atoms with Gasteiger partial charge in [0.05, 0.1) is 24.1 Å². The molecule has 3 rings (SSSR count). The fourth-order valence-electron chi connectivity index (χ4n) is 3.11. The van der Waals surface area contributed by atoms with Crippen LogP contribution in [0.3, 0.4) is 0 Å². The standard InChI is InChI=1S/C20H26N4O2/c1-11(2)16-8-7-14(20(22-16)26-6)17-13(4)21-18-15(12(3)10-25)9-24(5)19(18)23-17/h7-9,11-12,25H,10H2,1-6H3. The molecule has 6 heteroatoms. The van der Waals surface area contributed by atoms with Gasteiger partial charge in [0.15, 0.2) is 5.65 Å². The number of fused-ring (bicyclic) bond motifs is 1. The van der Waals surface area contributed by atoms with Gasteiger partial charge in [-0.05, 0) is 25.0 Å². The first kappa shape index (κ1) is 18.3. The van der Waals surface area contributed by atoms with Crippen LogP contribution in [0.5, 0.6) is 5.88 Å². The highest BCUT2D eigenvalue weighted by Gasteiger charge is 2.20. The summed E-state index contributed by atoms with van der Waals surface area (Å²) in [6, 6.07) is 4.02. The lowest BCUT2D eigenvalue weighted by atomic mass is 10.0. The van der Waals surface area contributed by atoms with Gasteiger partial charge in [-0.1, -0.05) is 20.8 Å². The van der Waals surface area contributed by atoms with Crippen molar-refractivity contribution in [3.8, 4) is 17.1 Å². The van der Waals surface area contributed by atoms with Crippen molar-refractivity contribution in [3.05, 3.63) is 35.3 Å². The summed E-state index contributed by atoms with van der Waals surface area (Å²) >= 11 is 0. The number of aliphatic hydroxyl groups excluding tert-OH is 1. The summed E-state index contributed by atoms with van der Waals surface area (Å²) in [5, 5.41) is 9.52. The third-order valence-corrected chi connectivity index (χ3v) is 4.72. The maximum absolute atomic E-state index is 9.52. The van der Waals surface area contributed by atoms with E-state index in [2.05, 4.69) is 18.8 Å². The van der Waals surface area contributed by atoms with Gasteiger partial charge in [0.1, 0.15) is 5.52 Å². The quantitative estimate of drug-likeness (QED) is 0.758. The number of pyridine rings is 1. The zero-order chi connectivity index (χ0) is 19.0. The molecule has 0 aromatic carbocycles. The molecule has 0 bridgehead atoms. The van der Waals surface area contributed by atoms with E-state index in [-0.39, 0.29) is 12.5 Å². The number of methoxy groups -OCH3 is 1. The maximum atomic E-state index is 9.52. The van der Waals surface area contributed by atoms with Crippen molar-refractivity contribution in [2.75, 3.05) is 13.7 Å². The van der Waals surface area contributed by atoms with E-state index in [9.17, 15) is 5.11 Å². The minimum atomic E-state index is 0.0137. The Morgan fingerprint density at radius 3 is 2.50 bits per heavy atom. The number of rotatable bonds is 5. The predicted octanol–water partition coefficient (Wildman–Crippen LogP) is 3.57. The normalized spacial score (nSPS) is 12.8. The Labute approximate surface area is 153 Å². The Morgan fingerprint density at radius 1 is 1.15 bits per heavy atom. The van der Waals surface area contributed by atoms with E-state index in [4.69, 9.17) is 14.7 Å². The molecule has 0 radical (unpaired) electrons. The zero-order valence-electron chi connectivity index (χ0n) is 16.2. The molecular weight excluding hydrogens is 328 g/mol. The highest BCUT2D eigenvalue weighted by atomic mass is 16.5. The van der Waals surface area contributed by atoms with E-state index < -0.39 is 0 Å². The van der Waals surface area contributed by atoms with Crippen molar-refractivity contribution in [1.82, 2.24) is 19.5 Å². The first-order chi connectivity index (χ1) is 12.4. The lowest BCUT2D eigenvalue weighted by molar-refractivity contribution is 0.273. The third kappa shape index (κ3) is 3.05. The molecule has 6 nitrogen and oxygen atoms in total. The Balaban J connectivity index is 2.21. The molecule has 0 spiro atoms. The summed E-state index contributed by atoms with van der Waals surface area (Å²) in [7, 11) is 3.57. The molecule has 0 fully saturated rings. The smallest absolute Gasteiger partial charge is 0.222 e. The van der Waals surface area contributed by atoms with Crippen LogP contribution in [-0.4, -0.2) is 38.3 Å². The highest BCUT2D eigenvalue weighted by molar-refractivity contribution is 5.81. The summed E-state index contributed by atoms with van der Waals surface area (Å²) < 4.78 is 7.48. The minimum Gasteiger partial charge on any atom is -0.480 e. The highest BCUT2D eigenvalue weighted by Crippen LogP contribution is 2.33. The van der Waals surface area contributed by atoms with Crippen LogP contribution in [0, 0.1) is 6.92 Å².